The van der Waals surface area contributed by atoms with Crippen molar-refractivity contribution in [1.82, 2.24) is 10.4 Å². The van der Waals surface area contributed by atoms with Gasteiger partial charge in [-0.3, -0.25) is 4.79 Å². The minimum absolute atomic E-state index is 0.107. The van der Waals surface area contributed by atoms with E-state index in [0.29, 0.717) is 28.3 Å². The molecule has 1 aliphatic rings. The van der Waals surface area contributed by atoms with E-state index < -0.39 is 11.9 Å². The van der Waals surface area contributed by atoms with E-state index in [9.17, 15) is 9.59 Å². The van der Waals surface area contributed by atoms with Crippen LogP contribution in [0.3, 0.4) is 0 Å². The number of halogens is 2. The number of esters is 1. The van der Waals surface area contributed by atoms with Crippen LogP contribution in [-0.2, 0) is 0 Å². The van der Waals surface area contributed by atoms with E-state index in [0.717, 1.165) is 31.0 Å². The van der Waals surface area contributed by atoms with Crippen LogP contribution in [0.4, 0.5) is 0 Å². The second-order valence-corrected chi connectivity index (χ2v) is 10.5. The molecule has 0 fully saturated rings. The highest BCUT2D eigenvalue weighted by Crippen LogP contribution is 2.36. The third kappa shape index (κ3) is 5.11. The summed E-state index contributed by atoms with van der Waals surface area (Å²) < 4.78 is 17.9. The van der Waals surface area contributed by atoms with Gasteiger partial charge in [-0.1, -0.05) is 58.4 Å². The number of amides is 1. The summed E-state index contributed by atoms with van der Waals surface area (Å²) in [6.07, 6.45) is 1.42. The highest BCUT2D eigenvalue weighted by atomic mass is 79.9. The molecule has 1 aromatic heterocycles. The summed E-state index contributed by atoms with van der Waals surface area (Å²) in [5.41, 5.74) is 6.22. The van der Waals surface area contributed by atoms with Crippen LogP contribution in [-0.4, -0.2) is 29.9 Å². The Balaban J connectivity index is 1.25. The molecule has 0 bridgehead atoms. The Hall–Kier alpha value is -4.41. The average molecular weight is 661 g/mol. The van der Waals surface area contributed by atoms with Crippen molar-refractivity contribution >= 4 is 60.9 Å². The zero-order valence-corrected chi connectivity index (χ0v) is 23.8. The molecule has 4 aromatic carbocycles. The maximum Gasteiger partial charge on any atom is 0.343 e. The van der Waals surface area contributed by atoms with Gasteiger partial charge in [0.25, 0.3) is 5.91 Å². The fraction of sp³-hybridized carbons (Fsp3) is 0.0333. The number of nitrogens with one attached hydrogen (secondary N) is 2. The summed E-state index contributed by atoms with van der Waals surface area (Å²) in [5, 5.41) is 5.07. The summed E-state index contributed by atoms with van der Waals surface area (Å²) >= 11 is 6.99. The van der Waals surface area contributed by atoms with Crippen molar-refractivity contribution in [2.24, 2.45) is 5.10 Å². The van der Waals surface area contributed by atoms with Crippen molar-refractivity contribution in [3.63, 3.8) is 0 Å². The largest absolute Gasteiger partial charge is 0.454 e. The molecule has 6 rings (SSSR count). The zero-order chi connectivity index (χ0) is 27.6. The predicted molar refractivity (Wildman–Crippen MR) is 158 cm³/mol. The average Bonchev–Trinajstić information content (AvgIpc) is 3.60. The van der Waals surface area contributed by atoms with Crippen molar-refractivity contribution in [3.05, 3.63) is 111 Å². The van der Waals surface area contributed by atoms with Gasteiger partial charge in [-0.25, -0.2) is 10.2 Å². The Morgan fingerprint density at radius 2 is 1.75 bits per heavy atom. The maximum absolute atomic E-state index is 13.3. The number of hydrogen-bond donors (Lipinski definition) is 2. The Bertz CT molecular complexity index is 1800. The first-order valence-corrected chi connectivity index (χ1v) is 13.7. The Labute approximate surface area is 245 Å². The van der Waals surface area contributed by atoms with Gasteiger partial charge < -0.3 is 19.2 Å². The lowest BCUT2D eigenvalue weighted by atomic mass is 10.0. The second-order valence-electron chi connectivity index (χ2n) is 8.74. The van der Waals surface area contributed by atoms with E-state index in [2.05, 4.69) is 47.4 Å². The van der Waals surface area contributed by atoms with Crippen molar-refractivity contribution in [2.75, 3.05) is 6.79 Å². The highest BCUT2D eigenvalue weighted by Gasteiger charge is 2.21. The predicted octanol–water partition coefficient (Wildman–Crippen LogP) is 7.07. The summed E-state index contributed by atoms with van der Waals surface area (Å²) in [5.74, 6) is 0.320. The summed E-state index contributed by atoms with van der Waals surface area (Å²) in [4.78, 5) is 29.4. The zero-order valence-electron chi connectivity index (χ0n) is 20.6. The molecule has 0 atom stereocenters. The van der Waals surface area contributed by atoms with Gasteiger partial charge in [-0.2, -0.15) is 5.10 Å². The maximum atomic E-state index is 13.3. The van der Waals surface area contributed by atoms with Crippen LogP contribution in [0.1, 0.15) is 26.4 Å². The molecule has 10 heteroatoms. The topological polar surface area (TPSA) is 102 Å². The second kappa shape index (κ2) is 11.0. The number of nitrogens with zero attached hydrogens (tertiary/aromatic N) is 1. The van der Waals surface area contributed by atoms with Crippen molar-refractivity contribution in [3.8, 4) is 28.4 Å². The van der Waals surface area contributed by atoms with Crippen LogP contribution in [0, 0.1) is 0 Å². The van der Waals surface area contributed by atoms with Gasteiger partial charge in [0, 0.05) is 25.5 Å². The van der Waals surface area contributed by atoms with E-state index in [4.69, 9.17) is 14.2 Å². The van der Waals surface area contributed by atoms with Gasteiger partial charge in [0.05, 0.1) is 17.3 Å². The number of ether oxygens (including phenoxy) is 3. The van der Waals surface area contributed by atoms with E-state index in [-0.39, 0.29) is 12.5 Å². The first-order chi connectivity index (χ1) is 19.5. The van der Waals surface area contributed by atoms with E-state index in [1.165, 1.54) is 6.21 Å². The molecule has 0 saturated heterocycles. The molecule has 1 aliphatic heterocycles. The van der Waals surface area contributed by atoms with Gasteiger partial charge in [0.2, 0.25) is 6.79 Å². The molecular weight excluding hydrogens is 642 g/mol. The molecule has 0 saturated carbocycles. The van der Waals surface area contributed by atoms with Gasteiger partial charge >= 0.3 is 5.97 Å². The molecule has 0 aliphatic carbocycles. The number of hydrogen-bond acceptors (Lipinski definition) is 6. The smallest absolute Gasteiger partial charge is 0.343 e. The normalized spacial score (nSPS) is 12.2. The Morgan fingerprint density at radius 1 is 0.925 bits per heavy atom. The van der Waals surface area contributed by atoms with Crippen molar-refractivity contribution < 1.29 is 23.8 Å². The van der Waals surface area contributed by atoms with Gasteiger partial charge in [0.15, 0.2) is 11.5 Å². The lowest BCUT2D eigenvalue weighted by Crippen LogP contribution is -2.19. The lowest BCUT2D eigenvalue weighted by molar-refractivity contribution is 0.0733. The Kier molecular flexibility index (Phi) is 7.10. The number of carbonyl (C=O) groups excluding carboxylic acids is 2. The van der Waals surface area contributed by atoms with E-state index >= 15 is 0 Å². The number of rotatable bonds is 6. The van der Waals surface area contributed by atoms with E-state index in [1.54, 1.807) is 36.4 Å². The molecule has 0 radical (unpaired) electrons. The Morgan fingerprint density at radius 3 is 2.60 bits per heavy atom. The molecule has 2 heterocycles. The number of fused-ring (bicyclic) bond motifs is 2. The number of para-hydroxylation sites is 1. The van der Waals surface area contributed by atoms with Gasteiger partial charge in [-0.15, -0.1) is 0 Å². The molecule has 198 valence electrons. The number of carbonyl (C=O) groups is 2. The van der Waals surface area contributed by atoms with Crippen LogP contribution in [0.25, 0.3) is 22.0 Å². The lowest BCUT2D eigenvalue weighted by Gasteiger charge is -2.09. The third-order valence-electron chi connectivity index (χ3n) is 6.22. The van der Waals surface area contributed by atoms with Crippen LogP contribution >= 0.6 is 31.9 Å². The number of hydrazone groups is 1. The van der Waals surface area contributed by atoms with Crippen molar-refractivity contribution in [1.29, 1.82) is 0 Å². The summed E-state index contributed by atoms with van der Waals surface area (Å²) in [6.45, 7) is 0.107. The van der Waals surface area contributed by atoms with Crippen LogP contribution in [0.2, 0.25) is 0 Å². The van der Waals surface area contributed by atoms with E-state index in [1.807, 2.05) is 48.5 Å². The van der Waals surface area contributed by atoms with Gasteiger partial charge in [-0.05, 0) is 64.0 Å². The molecule has 5 aromatic rings. The first kappa shape index (κ1) is 25.8. The van der Waals surface area contributed by atoms with Crippen LogP contribution in [0.15, 0.2) is 99.0 Å². The monoisotopic (exact) mass is 659 g/mol. The summed E-state index contributed by atoms with van der Waals surface area (Å²) in [7, 11) is 0. The van der Waals surface area contributed by atoms with Gasteiger partial charge in [0.1, 0.15) is 11.4 Å². The molecule has 0 spiro atoms. The first-order valence-electron chi connectivity index (χ1n) is 12.1. The quantitative estimate of drug-likeness (QED) is 0.0878. The molecular formula is C30H19Br2N3O5. The van der Waals surface area contributed by atoms with Crippen molar-refractivity contribution in [2.45, 2.75) is 0 Å². The standard InChI is InChI=1S/C30H19Br2N3O5/c31-20-10-12-23(40-30(37)18-9-11-24-25(14-18)39-16-38-24)19(13-20)15-33-35-29(36)28-26(17-5-2-1-3-6-17)21-7-4-8-22(32)27(21)34-28/h1-15,34H,16H2,(H,35,36). The molecule has 0 unspecified atom stereocenters. The minimum Gasteiger partial charge on any atom is -0.454 e. The minimum atomic E-state index is -0.574. The highest BCUT2D eigenvalue weighted by molar-refractivity contribution is 9.11. The number of H-pyrrole nitrogens is 1. The number of aromatic amines is 1. The fourth-order valence-corrected chi connectivity index (χ4v) is 5.21. The van der Waals surface area contributed by atoms with Crippen LogP contribution < -0.4 is 19.6 Å². The molecule has 40 heavy (non-hydrogen) atoms. The molecule has 1 amide bonds. The summed E-state index contributed by atoms with van der Waals surface area (Å²) in [6, 6.07) is 25.4. The van der Waals surface area contributed by atoms with Crippen LogP contribution in [0.5, 0.6) is 17.2 Å². The number of aromatic nitrogens is 1. The SMILES string of the molecule is O=C(Oc1ccc(Br)cc1C=NNC(=O)c1[nH]c2c(Br)cccc2c1-c1ccccc1)c1ccc2c(c1)OCO2. The molecule has 8 nitrogen and oxygen atoms in total. The molecule has 2 N–H and O–H groups in total. The third-order valence-corrected chi connectivity index (χ3v) is 7.38. The number of benzene rings is 4. The fourth-order valence-electron chi connectivity index (χ4n) is 4.37.